The Morgan fingerprint density at radius 1 is 1.24 bits per heavy atom. The van der Waals surface area contributed by atoms with Crippen LogP contribution in [0.25, 0.3) is 0 Å². The number of carbonyl (C=O) groups is 1. The summed E-state index contributed by atoms with van der Waals surface area (Å²) in [6, 6.07) is 7.20. The molecule has 0 radical (unpaired) electrons. The van der Waals surface area contributed by atoms with Crippen molar-refractivity contribution in [3.63, 3.8) is 0 Å². The predicted octanol–water partition coefficient (Wildman–Crippen LogP) is 2.55. The molecule has 0 fully saturated rings. The summed E-state index contributed by atoms with van der Waals surface area (Å²) in [5, 5.41) is 8.66. The first-order valence-corrected chi connectivity index (χ1v) is 7.57. The number of amides is 1. The molecule has 1 amide bonds. The molecule has 0 bridgehead atoms. The van der Waals surface area contributed by atoms with Gasteiger partial charge in [0.2, 0.25) is 0 Å². The number of hydrogen-bond acceptors (Lipinski definition) is 4. The first-order valence-electron chi connectivity index (χ1n) is 6.40. The van der Waals surface area contributed by atoms with Gasteiger partial charge in [0, 0.05) is 22.6 Å². The topological polar surface area (TPSA) is 72.1 Å². The largest absolute Gasteiger partial charge is 0.364 e. The quantitative estimate of drug-likeness (QED) is 0.885. The molecule has 3 rings (SSSR count). The van der Waals surface area contributed by atoms with E-state index in [1.54, 1.807) is 12.1 Å². The molecular weight excluding hydrogens is 356 g/mol. The zero-order valence-electron chi connectivity index (χ0n) is 11.0. The van der Waals surface area contributed by atoms with Gasteiger partial charge in [-0.3, -0.25) is 4.79 Å². The lowest BCUT2D eigenvalue weighted by atomic mass is 10.00. The molecule has 2 N–H and O–H groups in total. The van der Waals surface area contributed by atoms with Crippen molar-refractivity contribution in [1.82, 2.24) is 10.2 Å². The minimum Gasteiger partial charge on any atom is -0.364 e. The molecule has 0 saturated heterocycles. The van der Waals surface area contributed by atoms with Gasteiger partial charge in [0.1, 0.15) is 0 Å². The SMILES string of the molecule is NC(=O)c1ccc(N2CCc3c(Br)ccc(Cl)c3C2)nn1. The normalized spacial score (nSPS) is 13.9. The zero-order chi connectivity index (χ0) is 15.0. The third-order valence-electron chi connectivity index (χ3n) is 3.52. The van der Waals surface area contributed by atoms with E-state index in [1.165, 1.54) is 5.56 Å². The van der Waals surface area contributed by atoms with Gasteiger partial charge >= 0.3 is 0 Å². The summed E-state index contributed by atoms with van der Waals surface area (Å²) in [5.74, 6) is 0.131. The van der Waals surface area contributed by atoms with Crippen LogP contribution in [0.1, 0.15) is 21.6 Å². The van der Waals surface area contributed by atoms with E-state index in [9.17, 15) is 4.79 Å². The number of fused-ring (bicyclic) bond motifs is 1. The van der Waals surface area contributed by atoms with E-state index < -0.39 is 5.91 Å². The predicted molar refractivity (Wildman–Crippen MR) is 84.5 cm³/mol. The molecule has 5 nitrogen and oxygen atoms in total. The van der Waals surface area contributed by atoms with Crippen molar-refractivity contribution in [2.75, 3.05) is 11.4 Å². The summed E-state index contributed by atoms with van der Waals surface area (Å²) >= 11 is 9.85. The molecule has 1 aliphatic rings. The van der Waals surface area contributed by atoms with Crippen molar-refractivity contribution < 1.29 is 4.79 Å². The highest BCUT2D eigenvalue weighted by Gasteiger charge is 2.22. The molecule has 2 heterocycles. The number of benzene rings is 1. The van der Waals surface area contributed by atoms with Crippen LogP contribution in [-0.2, 0) is 13.0 Å². The van der Waals surface area contributed by atoms with Crippen molar-refractivity contribution in [2.24, 2.45) is 5.73 Å². The fourth-order valence-electron chi connectivity index (χ4n) is 2.41. The second kappa shape index (κ2) is 5.61. The molecule has 0 atom stereocenters. The molecule has 21 heavy (non-hydrogen) atoms. The molecule has 0 unspecified atom stereocenters. The Hall–Kier alpha value is -1.66. The Bertz CT molecular complexity index is 705. The number of hydrogen-bond donors (Lipinski definition) is 1. The lowest BCUT2D eigenvalue weighted by Gasteiger charge is -2.30. The van der Waals surface area contributed by atoms with Crippen molar-refractivity contribution in [3.8, 4) is 0 Å². The first-order chi connectivity index (χ1) is 10.1. The van der Waals surface area contributed by atoms with Crippen molar-refractivity contribution in [2.45, 2.75) is 13.0 Å². The fraction of sp³-hybridized carbons (Fsp3) is 0.214. The Labute approximate surface area is 135 Å². The number of halogens is 2. The van der Waals surface area contributed by atoms with E-state index in [0.717, 1.165) is 28.0 Å². The molecule has 0 spiro atoms. The lowest BCUT2D eigenvalue weighted by Crippen LogP contribution is -2.32. The summed E-state index contributed by atoms with van der Waals surface area (Å²) in [4.78, 5) is 13.1. The Kier molecular flexibility index (Phi) is 3.82. The van der Waals surface area contributed by atoms with Crippen LogP contribution >= 0.6 is 27.5 Å². The van der Waals surface area contributed by atoms with Crippen LogP contribution in [0.3, 0.4) is 0 Å². The monoisotopic (exact) mass is 366 g/mol. The molecule has 1 aliphatic heterocycles. The van der Waals surface area contributed by atoms with Gasteiger partial charge in [-0.1, -0.05) is 27.5 Å². The maximum Gasteiger partial charge on any atom is 0.269 e. The van der Waals surface area contributed by atoms with Crippen molar-refractivity contribution >= 4 is 39.3 Å². The minimum atomic E-state index is -0.579. The smallest absolute Gasteiger partial charge is 0.269 e. The molecular formula is C14H12BrClN4O. The van der Waals surface area contributed by atoms with Gasteiger partial charge in [-0.15, -0.1) is 10.2 Å². The number of aromatic nitrogens is 2. The number of anilines is 1. The molecule has 7 heteroatoms. The van der Waals surface area contributed by atoms with Crippen LogP contribution in [0.15, 0.2) is 28.7 Å². The van der Waals surface area contributed by atoms with E-state index >= 15 is 0 Å². The summed E-state index contributed by atoms with van der Waals surface area (Å²) < 4.78 is 1.08. The van der Waals surface area contributed by atoms with E-state index in [0.29, 0.717) is 12.4 Å². The Morgan fingerprint density at radius 3 is 2.71 bits per heavy atom. The van der Waals surface area contributed by atoms with Crippen LogP contribution in [0.4, 0.5) is 5.82 Å². The van der Waals surface area contributed by atoms with Gasteiger partial charge in [-0.25, -0.2) is 0 Å². The van der Waals surface area contributed by atoms with Crippen LogP contribution < -0.4 is 10.6 Å². The average molecular weight is 368 g/mol. The van der Waals surface area contributed by atoms with Crippen LogP contribution in [0.5, 0.6) is 0 Å². The maximum atomic E-state index is 11.0. The lowest BCUT2D eigenvalue weighted by molar-refractivity contribution is 0.0994. The second-order valence-electron chi connectivity index (χ2n) is 4.80. The second-order valence-corrected chi connectivity index (χ2v) is 6.06. The van der Waals surface area contributed by atoms with Crippen LogP contribution in [-0.4, -0.2) is 22.6 Å². The van der Waals surface area contributed by atoms with E-state index in [1.807, 2.05) is 12.1 Å². The third-order valence-corrected chi connectivity index (χ3v) is 4.62. The van der Waals surface area contributed by atoms with Gasteiger partial charge in [0.05, 0.1) is 0 Å². The van der Waals surface area contributed by atoms with E-state index in [2.05, 4.69) is 31.0 Å². The van der Waals surface area contributed by atoms with Crippen LogP contribution in [0.2, 0.25) is 5.02 Å². The zero-order valence-corrected chi connectivity index (χ0v) is 13.4. The summed E-state index contributed by atoms with van der Waals surface area (Å²) in [6.45, 7) is 1.48. The van der Waals surface area contributed by atoms with Gasteiger partial charge in [0.15, 0.2) is 11.5 Å². The molecule has 1 aromatic carbocycles. The standard InChI is InChI=1S/C14H12BrClN4O/c15-10-1-2-11(16)9-7-20(6-5-8(9)10)13-4-3-12(14(17)21)18-19-13/h1-4H,5-7H2,(H2,17,21). The number of nitrogens with two attached hydrogens (primary N) is 1. The highest BCUT2D eigenvalue weighted by Crippen LogP contribution is 2.33. The van der Waals surface area contributed by atoms with Gasteiger partial charge in [-0.2, -0.15) is 0 Å². The summed E-state index contributed by atoms with van der Waals surface area (Å²) in [6.07, 6.45) is 0.871. The molecule has 1 aromatic heterocycles. The maximum absolute atomic E-state index is 11.0. The summed E-state index contributed by atoms with van der Waals surface area (Å²) in [7, 11) is 0. The number of rotatable bonds is 2. The van der Waals surface area contributed by atoms with Gasteiger partial charge < -0.3 is 10.6 Å². The average Bonchev–Trinajstić information content (AvgIpc) is 2.51. The fourth-order valence-corrected chi connectivity index (χ4v) is 3.22. The Morgan fingerprint density at radius 2 is 2.05 bits per heavy atom. The summed E-state index contributed by atoms with van der Waals surface area (Å²) in [5.41, 5.74) is 7.66. The third kappa shape index (κ3) is 2.73. The van der Waals surface area contributed by atoms with Gasteiger partial charge in [0.25, 0.3) is 5.91 Å². The highest BCUT2D eigenvalue weighted by molar-refractivity contribution is 9.10. The van der Waals surface area contributed by atoms with E-state index in [-0.39, 0.29) is 5.69 Å². The van der Waals surface area contributed by atoms with Gasteiger partial charge in [-0.05, 0) is 41.8 Å². The molecule has 2 aromatic rings. The van der Waals surface area contributed by atoms with Crippen LogP contribution in [0, 0.1) is 0 Å². The number of carbonyl (C=O) groups excluding carboxylic acids is 1. The molecule has 108 valence electrons. The number of nitrogens with zero attached hydrogens (tertiary/aromatic N) is 3. The first kappa shape index (κ1) is 14.3. The highest BCUT2D eigenvalue weighted by atomic mass is 79.9. The van der Waals surface area contributed by atoms with Crippen molar-refractivity contribution in [3.05, 3.63) is 50.6 Å². The minimum absolute atomic E-state index is 0.164. The van der Waals surface area contributed by atoms with Crippen molar-refractivity contribution in [1.29, 1.82) is 0 Å². The Balaban J connectivity index is 1.89. The number of primary amides is 1. The molecule has 0 aliphatic carbocycles. The van der Waals surface area contributed by atoms with E-state index in [4.69, 9.17) is 17.3 Å². The molecule has 0 saturated carbocycles.